The number of amides is 1. The number of hydrogen-bond acceptors (Lipinski definition) is 4. The lowest BCUT2D eigenvalue weighted by molar-refractivity contribution is 0.0946. The van der Waals surface area contributed by atoms with Gasteiger partial charge >= 0.3 is 0 Å². The monoisotopic (exact) mass is 365 g/mol. The Labute approximate surface area is 157 Å². The van der Waals surface area contributed by atoms with Crippen LogP contribution >= 0.6 is 0 Å². The molecule has 0 aliphatic rings. The van der Waals surface area contributed by atoms with Crippen molar-refractivity contribution in [2.45, 2.75) is 71.3 Å². The Morgan fingerprint density at radius 2 is 1.92 bits per heavy atom. The molecule has 6 nitrogen and oxygen atoms in total. The Morgan fingerprint density at radius 3 is 2.58 bits per heavy atom. The Balaban J connectivity index is 2.69. The zero-order chi connectivity index (χ0) is 19.6. The molecule has 0 spiro atoms. The number of nitrogens with zero attached hydrogens (tertiary/aromatic N) is 1. The molecule has 0 aliphatic carbocycles. The van der Waals surface area contributed by atoms with Crippen molar-refractivity contribution in [2.75, 3.05) is 13.2 Å². The van der Waals surface area contributed by atoms with Crippen LogP contribution in [-0.4, -0.2) is 29.2 Å². The molecule has 1 aromatic rings. The normalized spacial score (nSPS) is 13.3. The van der Waals surface area contributed by atoms with Gasteiger partial charge in [-0.05, 0) is 32.3 Å². The third-order valence-corrected chi connectivity index (χ3v) is 4.55. The standard InChI is InChI=1S/C20H35N3O3/c1-5-7-9-11-20(3,21)12-13-22-18(24)16-10-14-23(4)19(25)17(16)26-15-8-6-2/h10,14H,5-9,11-13,15,21H2,1-4H3,(H,22,24). The van der Waals surface area contributed by atoms with Crippen molar-refractivity contribution in [3.8, 4) is 5.75 Å². The number of unbranched alkanes of at least 4 members (excludes halogenated alkanes) is 3. The smallest absolute Gasteiger partial charge is 0.293 e. The van der Waals surface area contributed by atoms with Gasteiger partial charge in [0.15, 0.2) is 5.75 Å². The van der Waals surface area contributed by atoms with Gasteiger partial charge in [-0.15, -0.1) is 0 Å². The number of hydrogen-bond donors (Lipinski definition) is 2. The number of carbonyl (C=O) groups excluding carboxylic acids is 1. The summed E-state index contributed by atoms with van der Waals surface area (Å²) in [6.45, 7) is 7.13. The minimum Gasteiger partial charge on any atom is -0.487 e. The molecule has 1 amide bonds. The maximum Gasteiger partial charge on any atom is 0.293 e. The number of rotatable bonds is 12. The number of nitrogens with two attached hydrogens (primary N) is 1. The summed E-state index contributed by atoms with van der Waals surface area (Å²) in [4.78, 5) is 24.8. The first-order valence-electron chi connectivity index (χ1n) is 9.72. The predicted molar refractivity (Wildman–Crippen MR) is 106 cm³/mol. The fraction of sp³-hybridized carbons (Fsp3) is 0.700. The van der Waals surface area contributed by atoms with E-state index in [2.05, 4.69) is 12.2 Å². The zero-order valence-electron chi connectivity index (χ0n) is 16.8. The van der Waals surface area contributed by atoms with E-state index in [-0.39, 0.29) is 28.3 Å². The minimum atomic E-state index is -0.296. The van der Waals surface area contributed by atoms with Gasteiger partial charge in [0.05, 0.1) is 12.2 Å². The van der Waals surface area contributed by atoms with Gasteiger partial charge in [-0.3, -0.25) is 9.59 Å². The third-order valence-electron chi connectivity index (χ3n) is 4.55. The highest BCUT2D eigenvalue weighted by atomic mass is 16.5. The lowest BCUT2D eigenvalue weighted by atomic mass is 9.92. The molecule has 1 heterocycles. The van der Waals surface area contributed by atoms with Crippen molar-refractivity contribution in [3.05, 3.63) is 28.2 Å². The summed E-state index contributed by atoms with van der Waals surface area (Å²) in [7, 11) is 1.65. The van der Waals surface area contributed by atoms with Crippen LogP contribution in [0.4, 0.5) is 0 Å². The average molecular weight is 366 g/mol. The van der Waals surface area contributed by atoms with Crippen molar-refractivity contribution in [2.24, 2.45) is 12.8 Å². The molecule has 0 aliphatic heterocycles. The SMILES string of the molecule is CCCCCC(C)(N)CCNC(=O)c1ccn(C)c(=O)c1OCCCC. The van der Waals surface area contributed by atoms with Gasteiger partial charge in [-0.1, -0.05) is 39.5 Å². The summed E-state index contributed by atoms with van der Waals surface area (Å²) in [5, 5.41) is 2.88. The summed E-state index contributed by atoms with van der Waals surface area (Å²) in [6, 6.07) is 1.63. The van der Waals surface area contributed by atoms with Crippen LogP contribution in [0, 0.1) is 0 Å². The van der Waals surface area contributed by atoms with Crippen LogP contribution in [-0.2, 0) is 7.05 Å². The first-order chi connectivity index (χ1) is 12.3. The predicted octanol–water partition coefficient (Wildman–Crippen LogP) is 2.98. The van der Waals surface area contributed by atoms with Crippen LogP contribution in [0.2, 0.25) is 0 Å². The summed E-state index contributed by atoms with van der Waals surface area (Å²) in [5.41, 5.74) is 6.00. The molecule has 0 radical (unpaired) electrons. The molecule has 3 N–H and O–H groups in total. The highest BCUT2D eigenvalue weighted by molar-refractivity contribution is 5.96. The quantitative estimate of drug-likeness (QED) is 0.558. The number of carbonyl (C=O) groups is 1. The zero-order valence-corrected chi connectivity index (χ0v) is 16.8. The highest BCUT2D eigenvalue weighted by Crippen LogP contribution is 2.16. The van der Waals surface area contributed by atoms with Crippen molar-refractivity contribution >= 4 is 5.91 Å². The molecule has 6 heteroatoms. The van der Waals surface area contributed by atoms with Gasteiger partial charge in [0.1, 0.15) is 0 Å². The molecule has 1 atom stereocenters. The molecular formula is C20H35N3O3. The van der Waals surface area contributed by atoms with E-state index in [1.807, 2.05) is 13.8 Å². The second kappa shape index (κ2) is 11.0. The summed E-state index contributed by atoms with van der Waals surface area (Å²) >= 11 is 0. The van der Waals surface area contributed by atoms with Crippen molar-refractivity contribution < 1.29 is 9.53 Å². The second-order valence-electron chi connectivity index (χ2n) is 7.29. The third kappa shape index (κ3) is 7.20. The van der Waals surface area contributed by atoms with E-state index in [1.165, 1.54) is 11.0 Å². The van der Waals surface area contributed by atoms with Crippen molar-refractivity contribution in [1.29, 1.82) is 0 Å². The number of pyridine rings is 1. The highest BCUT2D eigenvalue weighted by Gasteiger charge is 2.20. The minimum absolute atomic E-state index is 0.124. The van der Waals surface area contributed by atoms with Crippen molar-refractivity contribution in [1.82, 2.24) is 9.88 Å². The number of aryl methyl sites for hydroxylation is 1. The molecule has 0 saturated heterocycles. The van der Waals surface area contributed by atoms with Gasteiger partial charge in [0.25, 0.3) is 11.5 Å². The van der Waals surface area contributed by atoms with E-state index >= 15 is 0 Å². The van der Waals surface area contributed by atoms with E-state index in [4.69, 9.17) is 10.5 Å². The molecule has 26 heavy (non-hydrogen) atoms. The van der Waals surface area contributed by atoms with Gasteiger partial charge in [-0.2, -0.15) is 0 Å². The van der Waals surface area contributed by atoms with Crippen LogP contribution in [0.25, 0.3) is 0 Å². The summed E-state index contributed by atoms with van der Waals surface area (Å²) in [6.07, 6.45) is 8.45. The number of nitrogens with one attached hydrogen (secondary N) is 1. The van der Waals surface area contributed by atoms with Gasteiger partial charge in [0.2, 0.25) is 0 Å². The first-order valence-corrected chi connectivity index (χ1v) is 9.72. The molecule has 148 valence electrons. The van der Waals surface area contributed by atoms with E-state index in [1.54, 1.807) is 19.3 Å². The number of ether oxygens (including phenoxy) is 1. The summed E-state index contributed by atoms with van der Waals surface area (Å²) < 4.78 is 7.02. The molecular weight excluding hydrogens is 330 g/mol. The van der Waals surface area contributed by atoms with Crippen molar-refractivity contribution in [3.63, 3.8) is 0 Å². The lowest BCUT2D eigenvalue weighted by Crippen LogP contribution is -2.40. The van der Waals surface area contributed by atoms with E-state index in [9.17, 15) is 9.59 Å². The molecule has 1 unspecified atom stereocenters. The Morgan fingerprint density at radius 1 is 1.23 bits per heavy atom. The Kier molecular flexibility index (Phi) is 9.41. The largest absolute Gasteiger partial charge is 0.487 e. The van der Waals surface area contributed by atoms with Gasteiger partial charge in [-0.25, -0.2) is 0 Å². The van der Waals surface area contributed by atoms with Crippen LogP contribution in [0.5, 0.6) is 5.75 Å². The molecule has 0 fully saturated rings. The molecule has 0 aromatic carbocycles. The fourth-order valence-electron chi connectivity index (χ4n) is 2.70. The number of aromatic nitrogens is 1. The maximum atomic E-state index is 12.5. The van der Waals surface area contributed by atoms with Crippen LogP contribution in [0.3, 0.4) is 0 Å². The molecule has 1 rings (SSSR count). The van der Waals surface area contributed by atoms with Crippen LogP contribution in [0.15, 0.2) is 17.1 Å². The Bertz CT molecular complexity index is 623. The lowest BCUT2D eigenvalue weighted by Gasteiger charge is -2.24. The molecule has 1 aromatic heterocycles. The fourth-order valence-corrected chi connectivity index (χ4v) is 2.70. The Hall–Kier alpha value is -1.82. The average Bonchev–Trinajstić information content (AvgIpc) is 2.58. The van der Waals surface area contributed by atoms with Crippen LogP contribution in [0.1, 0.15) is 76.1 Å². The second-order valence-corrected chi connectivity index (χ2v) is 7.29. The topological polar surface area (TPSA) is 86.4 Å². The molecule has 0 bridgehead atoms. The van der Waals surface area contributed by atoms with E-state index in [0.29, 0.717) is 19.6 Å². The summed E-state index contributed by atoms with van der Waals surface area (Å²) in [5.74, 6) is -0.169. The van der Waals surface area contributed by atoms with Gasteiger partial charge < -0.3 is 20.4 Å². The van der Waals surface area contributed by atoms with Crippen LogP contribution < -0.4 is 21.3 Å². The maximum absolute atomic E-state index is 12.5. The van der Waals surface area contributed by atoms with Gasteiger partial charge in [0, 0.05) is 25.3 Å². The van der Waals surface area contributed by atoms with E-state index < -0.39 is 0 Å². The molecule has 0 saturated carbocycles. The van der Waals surface area contributed by atoms with E-state index in [0.717, 1.165) is 32.1 Å². The first kappa shape index (κ1) is 22.2.